The van der Waals surface area contributed by atoms with Crippen LogP contribution in [0.4, 0.5) is 5.69 Å². The highest BCUT2D eigenvalue weighted by atomic mass is 32.1. The fraction of sp³-hybridized carbons (Fsp3) is 0.0625. The smallest absolute Gasteiger partial charge is 0.336 e. The molecule has 0 atom stereocenters. The lowest BCUT2D eigenvalue weighted by Crippen LogP contribution is -2.02. The van der Waals surface area contributed by atoms with Gasteiger partial charge in [-0.3, -0.25) is 0 Å². The minimum atomic E-state index is -0.897. The van der Waals surface area contributed by atoms with Gasteiger partial charge in [0, 0.05) is 22.5 Å². The Labute approximate surface area is 120 Å². The molecule has 3 aromatic rings. The maximum atomic E-state index is 11.3. The molecule has 1 heterocycles. The summed E-state index contributed by atoms with van der Waals surface area (Å²) in [6, 6.07) is 15.1. The molecule has 3 nitrogen and oxygen atoms in total. The molecule has 2 aromatic carbocycles. The number of nitrogens with one attached hydrogen (secondary N) is 1. The first-order chi connectivity index (χ1) is 9.75. The van der Waals surface area contributed by atoms with Crippen molar-refractivity contribution in [1.82, 2.24) is 0 Å². The highest BCUT2D eigenvalue weighted by Crippen LogP contribution is 2.27. The summed E-state index contributed by atoms with van der Waals surface area (Å²) in [5, 5.41) is 16.3. The molecule has 0 saturated carbocycles. The van der Waals surface area contributed by atoms with E-state index in [1.54, 1.807) is 17.4 Å². The van der Waals surface area contributed by atoms with Gasteiger partial charge in [0.05, 0.1) is 5.56 Å². The van der Waals surface area contributed by atoms with Gasteiger partial charge in [-0.2, -0.15) is 0 Å². The minimum absolute atomic E-state index is 0.335. The van der Waals surface area contributed by atoms with Crippen LogP contribution < -0.4 is 5.32 Å². The van der Waals surface area contributed by atoms with Crippen molar-refractivity contribution >= 4 is 33.8 Å². The molecule has 3 rings (SSSR count). The third-order valence-electron chi connectivity index (χ3n) is 3.19. The molecule has 0 fully saturated rings. The van der Waals surface area contributed by atoms with E-state index in [-0.39, 0.29) is 0 Å². The van der Waals surface area contributed by atoms with Crippen molar-refractivity contribution in [3.63, 3.8) is 0 Å². The average Bonchev–Trinajstić information content (AvgIpc) is 2.97. The summed E-state index contributed by atoms with van der Waals surface area (Å²) in [7, 11) is 0. The molecule has 0 aliphatic rings. The second-order valence-electron chi connectivity index (χ2n) is 4.44. The maximum Gasteiger partial charge on any atom is 0.336 e. The van der Waals surface area contributed by atoms with Crippen LogP contribution in [0.3, 0.4) is 0 Å². The number of aromatic carboxylic acids is 1. The van der Waals surface area contributed by atoms with Crippen molar-refractivity contribution in [1.29, 1.82) is 0 Å². The Morgan fingerprint density at radius 3 is 2.55 bits per heavy atom. The van der Waals surface area contributed by atoms with E-state index in [0.29, 0.717) is 5.56 Å². The lowest BCUT2D eigenvalue weighted by atomic mass is 10.0. The lowest BCUT2D eigenvalue weighted by molar-refractivity contribution is 0.0699. The Morgan fingerprint density at radius 2 is 1.85 bits per heavy atom. The molecule has 0 unspecified atom stereocenters. The minimum Gasteiger partial charge on any atom is -0.478 e. The van der Waals surface area contributed by atoms with Crippen molar-refractivity contribution in [3.8, 4) is 0 Å². The Bertz CT molecular complexity index is 750. The van der Waals surface area contributed by atoms with Crippen molar-refractivity contribution < 1.29 is 9.90 Å². The topological polar surface area (TPSA) is 49.3 Å². The van der Waals surface area contributed by atoms with Gasteiger partial charge in [-0.1, -0.05) is 30.3 Å². The zero-order valence-electron chi connectivity index (χ0n) is 10.7. The highest BCUT2D eigenvalue weighted by molar-refractivity contribution is 7.09. The fourth-order valence-corrected chi connectivity index (χ4v) is 2.88. The van der Waals surface area contributed by atoms with Gasteiger partial charge in [0.2, 0.25) is 0 Å². The van der Waals surface area contributed by atoms with Gasteiger partial charge in [-0.25, -0.2) is 4.79 Å². The van der Waals surface area contributed by atoms with Gasteiger partial charge >= 0.3 is 5.97 Å². The summed E-state index contributed by atoms with van der Waals surface area (Å²) in [5.41, 5.74) is 1.29. The molecule has 1 aromatic heterocycles. The second kappa shape index (κ2) is 5.35. The molecule has 100 valence electrons. The van der Waals surface area contributed by atoms with Crippen LogP contribution in [0, 0.1) is 0 Å². The van der Waals surface area contributed by atoms with Crippen molar-refractivity contribution in [2.24, 2.45) is 0 Å². The third-order valence-corrected chi connectivity index (χ3v) is 4.06. The fourth-order valence-electron chi connectivity index (χ4n) is 2.24. The van der Waals surface area contributed by atoms with Crippen LogP contribution in [0.25, 0.3) is 10.8 Å². The van der Waals surface area contributed by atoms with Gasteiger partial charge in [-0.15, -0.1) is 11.3 Å². The number of rotatable bonds is 4. The second-order valence-corrected chi connectivity index (χ2v) is 5.48. The summed E-state index contributed by atoms with van der Waals surface area (Å²) in [6.07, 6.45) is 0. The van der Waals surface area contributed by atoms with Gasteiger partial charge in [0.1, 0.15) is 0 Å². The van der Waals surface area contributed by atoms with E-state index in [1.807, 2.05) is 41.8 Å². The van der Waals surface area contributed by atoms with E-state index in [4.69, 9.17) is 0 Å². The van der Waals surface area contributed by atoms with Crippen molar-refractivity contribution in [2.45, 2.75) is 6.54 Å². The van der Waals surface area contributed by atoms with E-state index >= 15 is 0 Å². The van der Waals surface area contributed by atoms with Crippen LogP contribution in [0.5, 0.6) is 0 Å². The molecule has 0 amide bonds. The zero-order valence-corrected chi connectivity index (χ0v) is 11.5. The standard InChI is InChI=1S/C16H13NO2S/c18-16(19)14-7-8-15(13-6-2-1-5-12(13)14)17-10-11-4-3-9-20-11/h1-9,17H,10H2,(H,18,19). The molecule has 20 heavy (non-hydrogen) atoms. The number of carboxylic acid groups (broad SMARTS) is 1. The molecular weight excluding hydrogens is 270 g/mol. The first-order valence-corrected chi connectivity index (χ1v) is 7.15. The first kappa shape index (κ1) is 12.7. The van der Waals surface area contributed by atoms with E-state index in [9.17, 15) is 9.90 Å². The molecule has 4 heteroatoms. The summed E-state index contributed by atoms with van der Waals surface area (Å²) in [4.78, 5) is 12.5. The number of hydrogen-bond acceptors (Lipinski definition) is 3. The average molecular weight is 283 g/mol. The molecule has 0 spiro atoms. The van der Waals surface area contributed by atoms with E-state index < -0.39 is 5.97 Å². The summed E-state index contributed by atoms with van der Waals surface area (Å²) >= 11 is 1.70. The van der Waals surface area contributed by atoms with Crippen LogP contribution in [0.1, 0.15) is 15.2 Å². The number of hydrogen-bond donors (Lipinski definition) is 2. The SMILES string of the molecule is O=C(O)c1ccc(NCc2cccs2)c2ccccc12. The van der Waals surface area contributed by atoms with Crippen LogP contribution in [0.2, 0.25) is 0 Å². The van der Waals surface area contributed by atoms with E-state index in [0.717, 1.165) is 23.0 Å². The predicted octanol–water partition coefficient (Wildman–Crippen LogP) is 4.21. The van der Waals surface area contributed by atoms with Crippen LogP contribution in [-0.2, 0) is 6.54 Å². The maximum absolute atomic E-state index is 11.3. The molecular formula is C16H13NO2S. The van der Waals surface area contributed by atoms with Crippen molar-refractivity contribution in [2.75, 3.05) is 5.32 Å². The van der Waals surface area contributed by atoms with E-state index in [2.05, 4.69) is 11.4 Å². The highest BCUT2D eigenvalue weighted by Gasteiger charge is 2.10. The molecule has 0 bridgehead atoms. The summed E-state index contributed by atoms with van der Waals surface area (Å²) < 4.78 is 0. The Morgan fingerprint density at radius 1 is 1.05 bits per heavy atom. The van der Waals surface area contributed by atoms with Gasteiger partial charge < -0.3 is 10.4 Å². The van der Waals surface area contributed by atoms with Crippen LogP contribution >= 0.6 is 11.3 Å². The first-order valence-electron chi connectivity index (χ1n) is 6.27. The predicted molar refractivity (Wildman–Crippen MR) is 82.6 cm³/mol. The Hall–Kier alpha value is -2.33. The van der Waals surface area contributed by atoms with Crippen LogP contribution in [0.15, 0.2) is 53.9 Å². The largest absolute Gasteiger partial charge is 0.478 e. The van der Waals surface area contributed by atoms with Crippen molar-refractivity contribution in [3.05, 3.63) is 64.4 Å². The number of benzene rings is 2. The molecule has 0 radical (unpaired) electrons. The number of carboxylic acids is 1. The van der Waals surface area contributed by atoms with E-state index in [1.165, 1.54) is 4.88 Å². The van der Waals surface area contributed by atoms with Gasteiger partial charge in [0.15, 0.2) is 0 Å². The molecule has 2 N–H and O–H groups in total. The third kappa shape index (κ3) is 2.38. The Kier molecular flexibility index (Phi) is 3.39. The zero-order chi connectivity index (χ0) is 13.9. The normalized spacial score (nSPS) is 10.6. The monoisotopic (exact) mass is 283 g/mol. The molecule has 0 saturated heterocycles. The molecule has 0 aliphatic carbocycles. The number of carbonyl (C=O) groups is 1. The number of anilines is 1. The number of fused-ring (bicyclic) bond motifs is 1. The lowest BCUT2D eigenvalue weighted by Gasteiger charge is -2.10. The summed E-state index contributed by atoms with van der Waals surface area (Å²) in [5.74, 6) is -0.897. The van der Waals surface area contributed by atoms with Gasteiger partial charge in [0.25, 0.3) is 0 Å². The van der Waals surface area contributed by atoms with Gasteiger partial charge in [-0.05, 0) is 29.0 Å². The number of thiophene rings is 1. The van der Waals surface area contributed by atoms with Crippen LogP contribution in [-0.4, -0.2) is 11.1 Å². The quantitative estimate of drug-likeness (QED) is 0.754. The Balaban J connectivity index is 1.99. The summed E-state index contributed by atoms with van der Waals surface area (Å²) in [6.45, 7) is 0.744. The molecule has 0 aliphatic heterocycles.